The molecule has 4 aromatic rings. The van der Waals surface area contributed by atoms with Gasteiger partial charge in [-0.15, -0.1) is 11.3 Å². The first-order valence-corrected chi connectivity index (χ1v) is 12.9. The average molecular weight is 483 g/mol. The van der Waals surface area contributed by atoms with Gasteiger partial charge >= 0.3 is 0 Å². The number of rotatable bonds is 6. The quantitative estimate of drug-likeness (QED) is 0.452. The van der Waals surface area contributed by atoms with Crippen molar-refractivity contribution >= 4 is 37.7 Å². The standard InChI is InChI=1S/C23H22N4O4S2/c28-22-21-18(19-7-4-13-31-19)16-32-23(21)25-20(24-22)15-26-9-11-27(12-10-26)33(29,30)14-8-17-5-2-1-3-6-17/h1-8,13-14,16H,9-12,15H2,(H,24,25,28). The second kappa shape index (κ2) is 9.06. The molecule has 8 nitrogen and oxygen atoms in total. The van der Waals surface area contributed by atoms with Crippen molar-refractivity contribution in [1.29, 1.82) is 0 Å². The second-order valence-corrected chi connectivity index (χ2v) is 10.4. The van der Waals surface area contributed by atoms with Crippen LogP contribution < -0.4 is 5.56 Å². The normalized spacial score (nSPS) is 16.1. The molecule has 0 amide bonds. The van der Waals surface area contributed by atoms with Crippen molar-refractivity contribution in [3.05, 3.63) is 81.3 Å². The zero-order valence-corrected chi connectivity index (χ0v) is 19.3. The molecule has 1 aliphatic rings. The van der Waals surface area contributed by atoms with Crippen molar-refractivity contribution in [2.75, 3.05) is 26.2 Å². The lowest BCUT2D eigenvalue weighted by atomic mass is 10.2. The molecule has 33 heavy (non-hydrogen) atoms. The molecule has 0 unspecified atom stereocenters. The van der Waals surface area contributed by atoms with Gasteiger partial charge in [-0.3, -0.25) is 9.69 Å². The molecule has 5 rings (SSSR count). The van der Waals surface area contributed by atoms with Gasteiger partial charge in [-0.25, -0.2) is 13.4 Å². The van der Waals surface area contributed by atoms with E-state index in [4.69, 9.17) is 4.42 Å². The van der Waals surface area contributed by atoms with Crippen LogP contribution >= 0.6 is 11.3 Å². The Hall–Kier alpha value is -3.05. The molecule has 1 aromatic carbocycles. The number of H-pyrrole nitrogens is 1. The molecule has 1 N–H and O–H groups in total. The van der Waals surface area contributed by atoms with Gasteiger partial charge in [0.05, 0.1) is 18.2 Å². The van der Waals surface area contributed by atoms with Gasteiger partial charge in [-0.2, -0.15) is 4.31 Å². The lowest BCUT2D eigenvalue weighted by molar-refractivity contribution is 0.179. The van der Waals surface area contributed by atoms with E-state index in [0.717, 1.165) is 11.1 Å². The van der Waals surface area contributed by atoms with Crippen LogP contribution in [-0.2, 0) is 16.6 Å². The van der Waals surface area contributed by atoms with Gasteiger partial charge in [0.2, 0.25) is 10.0 Å². The lowest BCUT2D eigenvalue weighted by Gasteiger charge is -2.32. The molecule has 1 saturated heterocycles. The van der Waals surface area contributed by atoms with Crippen molar-refractivity contribution in [2.45, 2.75) is 6.54 Å². The Labute approximate surface area is 194 Å². The third-order valence-corrected chi connectivity index (χ3v) is 8.01. The first-order chi connectivity index (χ1) is 16.0. The number of fused-ring (bicyclic) bond motifs is 1. The Morgan fingerprint density at radius 2 is 1.88 bits per heavy atom. The predicted octanol–water partition coefficient (Wildman–Crippen LogP) is 3.36. The Morgan fingerprint density at radius 3 is 2.61 bits per heavy atom. The van der Waals surface area contributed by atoms with Crippen LogP contribution in [0.1, 0.15) is 11.4 Å². The summed E-state index contributed by atoms with van der Waals surface area (Å²) in [5.74, 6) is 1.21. The minimum absolute atomic E-state index is 0.199. The first kappa shape index (κ1) is 21.8. The van der Waals surface area contributed by atoms with E-state index < -0.39 is 10.0 Å². The van der Waals surface area contributed by atoms with Gasteiger partial charge in [0.15, 0.2) is 0 Å². The summed E-state index contributed by atoms with van der Waals surface area (Å²) in [6, 6.07) is 13.0. The Bertz CT molecular complexity index is 1430. The van der Waals surface area contributed by atoms with Gasteiger partial charge in [-0.05, 0) is 23.8 Å². The van der Waals surface area contributed by atoms with Crippen molar-refractivity contribution < 1.29 is 12.8 Å². The minimum atomic E-state index is -3.49. The maximum absolute atomic E-state index is 12.7. The predicted molar refractivity (Wildman–Crippen MR) is 129 cm³/mol. The molecule has 0 atom stereocenters. The molecule has 10 heteroatoms. The number of nitrogens with zero attached hydrogens (tertiary/aromatic N) is 3. The van der Waals surface area contributed by atoms with Crippen molar-refractivity contribution in [3.8, 4) is 11.3 Å². The molecule has 0 saturated carbocycles. The maximum Gasteiger partial charge on any atom is 0.260 e. The Morgan fingerprint density at radius 1 is 1.09 bits per heavy atom. The number of thiophene rings is 1. The fourth-order valence-corrected chi connectivity index (χ4v) is 5.97. The number of nitrogens with one attached hydrogen (secondary N) is 1. The molecular formula is C23H22N4O4S2. The smallest absolute Gasteiger partial charge is 0.260 e. The summed E-state index contributed by atoms with van der Waals surface area (Å²) in [5, 5.41) is 3.67. The van der Waals surface area contributed by atoms with E-state index in [-0.39, 0.29) is 5.56 Å². The van der Waals surface area contributed by atoms with E-state index in [9.17, 15) is 13.2 Å². The second-order valence-electron chi connectivity index (χ2n) is 7.75. The van der Waals surface area contributed by atoms with E-state index in [0.29, 0.717) is 54.5 Å². The zero-order chi connectivity index (χ0) is 22.8. The van der Waals surface area contributed by atoms with Crippen LogP contribution in [0.2, 0.25) is 0 Å². The van der Waals surface area contributed by atoms with Gasteiger partial charge in [0.25, 0.3) is 5.56 Å². The van der Waals surface area contributed by atoms with E-state index in [1.54, 1.807) is 18.4 Å². The van der Waals surface area contributed by atoms with Crippen LogP contribution in [0.5, 0.6) is 0 Å². The van der Waals surface area contributed by atoms with Crippen LogP contribution in [0.3, 0.4) is 0 Å². The molecule has 1 fully saturated rings. The fraction of sp³-hybridized carbons (Fsp3) is 0.217. The van der Waals surface area contributed by atoms with Gasteiger partial charge in [0.1, 0.15) is 16.4 Å². The fourth-order valence-electron chi connectivity index (χ4n) is 3.85. The number of aromatic amines is 1. The van der Waals surface area contributed by atoms with E-state index in [2.05, 4.69) is 14.9 Å². The van der Waals surface area contributed by atoms with Crippen molar-refractivity contribution in [2.24, 2.45) is 0 Å². The van der Waals surface area contributed by atoms with Gasteiger partial charge in [0, 0.05) is 42.5 Å². The highest BCUT2D eigenvalue weighted by molar-refractivity contribution is 7.92. The van der Waals surface area contributed by atoms with Crippen molar-refractivity contribution in [1.82, 2.24) is 19.2 Å². The number of piperazine rings is 1. The highest BCUT2D eigenvalue weighted by Crippen LogP contribution is 2.31. The molecular weight excluding hydrogens is 460 g/mol. The maximum atomic E-state index is 12.7. The van der Waals surface area contributed by atoms with E-state index >= 15 is 0 Å². The highest BCUT2D eigenvalue weighted by atomic mass is 32.2. The number of furan rings is 1. The average Bonchev–Trinajstić information content (AvgIpc) is 3.49. The summed E-state index contributed by atoms with van der Waals surface area (Å²) in [6.45, 7) is 2.34. The molecule has 0 radical (unpaired) electrons. The van der Waals surface area contributed by atoms with Crippen molar-refractivity contribution in [3.63, 3.8) is 0 Å². The molecule has 0 bridgehead atoms. The molecule has 4 heterocycles. The summed E-state index contributed by atoms with van der Waals surface area (Å²) in [6.07, 6.45) is 3.19. The molecule has 3 aromatic heterocycles. The minimum Gasteiger partial charge on any atom is -0.464 e. The largest absolute Gasteiger partial charge is 0.464 e. The van der Waals surface area contributed by atoms with Crippen LogP contribution in [0.25, 0.3) is 27.6 Å². The number of hydrogen-bond acceptors (Lipinski definition) is 7. The Balaban J connectivity index is 1.25. The first-order valence-electron chi connectivity index (χ1n) is 10.5. The van der Waals surface area contributed by atoms with Crippen LogP contribution in [0.15, 0.2) is 68.7 Å². The molecule has 170 valence electrons. The summed E-state index contributed by atoms with van der Waals surface area (Å²) in [4.78, 5) is 23.0. The molecule has 1 aliphatic heterocycles. The van der Waals surface area contributed by atoms with Crippen LogP contribution in [0, 0.1) is 0 Å². The topological polar surface area (TPSA) is 99.5 Å². The number of benzene rings is 1. The number of aromatic nitrogens is 2. The number of hydrogen-bond donors (Lipinski definition) is 1. The summed E-state index contributed by atoms with van der Waals surface area (Å²) in [5.41, 5.74) is 1.38. The number of sulfonamides is 1. The van der Waals surface area contributed by atoms with E-state index in [1.165, 1.54) is 21.1 Å². The van der Waals surface area contributed by atoms with Gasteiger partial charge < -0.3 is 9.40 Å². The molecule has 0 spiro atoms. The summed E-state index contributed by atoms with van der Waals surface area (Å²) < 4.78 is 32.3. The lowest BCUT2D eigenvalue weighted by Crippen LogP contribution is -2.47. The third-order valence-electron chi connectivity index (χ3n) is 5.58. The van der Waals surface area contributed by atoms with Crippen LogP contribution in [0.4, 0.5) is 0 Å². The molecule has 0 aliphatic carbocycles. The Kier molecular flexibility index (Phi) is 5.98. The third kappa shape index (κ3) is 4.69. The van der Waals surface area contributed by atoms with Crippen LogP contribution in [-0.4, -0.2) is 53.8 Å². The zero-order valence-electron chi connectivity index (χ0n) is 17.7. The van der Waals surface area contributed by atoms with Gasteiger partial charge in [-0.1, -0.05) is 30.3 Å². The SMILES string of the molecule is O=c1[nH]c(CN2CCN(S(=O)(=O)C=Cc3ccccc3)CC2)nc2scc(-c3ccco3)c12. The van der Waals surface area contributed by atoms with E-state index in [1.807, 2.05) is 41.8 Å². The summed E-state index contributed by atoms with van der Waals surface area (Å²) >= 11 is 1.41. The summed E-state index contributed by atoms with van der Waals surface area (Å²) in [7, 11) is -3.49. The highest BCUT2D eigenvalue weighted by Gasteiger charge is 2.25. The monoisotopic (exact) mass is 482 g/mol.